The highest BCUT2D eigenvalue weighted by atomic mass is 15.3. The molecule has 5 heteroatoms. The van der Waals surface area contributed by atoms with E-state index in [-0.39, 0.29) is 0 Å². The molecule has 1 atom stereocenters. The van der Waals surface area contributed by atoms with Crippen LogP contribution in [-0.4, -0.2) is 25.8 Å². The molecule has 2 rings (SSSR count). The molecule has 2 aromatic rings. The van der Waals surface area contributed by atoms with Crippen molar-refractivity contribution in [2.45, 2.75) is 45.6 Å². The molecule has 0 aliphatic rings. The third-order valence-corrected chi connectivity index (χ3v) is 3.17. The number of anilines is 1. The van der Waals surface area contributed by atoms with Gasteiger partial charge in [-0.3, -0.25) is 0 Å². The molecule has 5 nitrogen and oxygen atoms in total. The first-order valence-electron chi connectivity index (χ1n) is 6.91. The van der Waals surface area contributed by atoms with Crippen LogP contribution in [0.25, 0.3) is 5.82 Å². The van der Waals surface area contributed by atoms with E-state index in [1.807, 2.05) is 18.3 Å². The smallest absolute Gasteiger partial charge is 0.155 e. The first-order valence-corrected chi connectivity index (χ1v) is 6.91. The third-order valence-electron chi connectivity index (χ3n) is 3.17. The van der Waals surface area contributed by atoms with Crippen molar-refractivity contribution >= 4 is 5.69 Å². The Kier molecular flexibility index (Phi) is 4.89. The van der Waals surface area contributed by atoms with Crippen molar-refractivity contribution in [3.05, 3.63) is 31.0 Å². The summed E-state index contributed by atoms with van der Waals surface area (Å²) < 4.78 is 1.65. The second-order valence-corrected chi connectivity index (χ2v) is 4.64. The lowest BCUT2D eigenvalue weighted by molar-refractivity contribution is 0.593. The molecule has 0 radical (unpaired) electrons. The summed E-state index contributed by atoms with van der Waals surface area (Å²) in [5.74, 6) is 0.782. The van der Waals surface area contributed by atoms with E-state index in [1.165, 1.54) is 25.6 Å². The molecule has 0 aliphatic heterocycles. The molecule has 1 unspecified atom stereocenters. The largest absolute Gasteiger partial charge is 0.381 e. The van der Waals surface area contributed by atoms with Gasteiger partial charge < -0.3 is 5.32 Å². The maximum absolute atomic E-state index is 4.39. The maximum atomic E-state index is 4.39. The summed E-state index contributed by atoms with van der Waals surface area (Å²) in [6, 6.07) is 4.52. The Labute approximate surface area is 114 Å². The second kappa shape index (κ2) is 6.87. The van der Waals surface area contributed by atoms with E-state index in [1.54, 1.807) is 11.0 Å². The van der Waals surface area contributed by atoms with Crippen molar-refractivity contribution in [1.82, 2.24) is 19.7 Å². The van der Waals surface area contributed by atoms with Crippen LogP contribution in [0.1, 0.15) is 39.5 Å². The zero-order valence-electron chi connectivity index (χ0n) is 11.6. The number of hydrogen-bond donors (Lipinski definition) is 1. The van der Waals surface area contributed by atoms with Gasteiger partial charge in [0.25, 0.3) is 0 Å². The summed E-state index contributed by atoms with van der Waals surface area (Å²) in [6.07, 6.45) is 9.84. The van der Waals surface area contributed by atoms with E-state index in [0.29, 0.717) is 6.04 Å². The van der Waals surface area contributed by atoms with E-state index in [9.17, 15) is 0 Å². The molecule has 0 amide bonds. The number of hydrogen-bond acceptors (Lipinski definition) is 4. The average molecular weight is 259 g/mol. The Morgan fingerprint density at radius 2 is 2.21 bits per heavy atom. The molecule has 0 saturated heterocycles. The lowest BCUT2D eigenvalue weighted by Crippen LogP contribution is -2.18. The summed E-state index contributed by atoms with van der Waals surface area (Å²) >= 11 is 0. The van der Waals surface area contributed by atoms with Crippen LogP contribution in [0.3, 0.4) is 0 Å². The van der Waals surface area contributed by atoms with Gasteiger partial charge in [0.2, 0.25) is 0 Å². The Balaban J connectivity index is 1.98. The van der Waals surface area contributed by atoms with E-state index < -0.39 is 0 Å². The second-order valence-electron chi connectivity index (χ2n) is 4.64. The molecule has 0 aromatic carbocycles. The molecule has 19 heavy (non-hydrogen) atoms. The molecule has 0 bridgehead atoms. The number of aromatic nitrogens is 4. The van der Waals surface area contributed by atoms with Crippen molar-refractivity contribution < 1.29 is 0 Å². The van der Waals surface area contributed by atoms with E-state index >= 15 is 0 Å². The van der Waals surface area contributed by atoms with Gasteiger partial charge in [0.15, 0.2) is 5.82 Å². The summed E-state index contributed by atoms with van der Waals surface area (Å²) in [5.41, 5.74) is 1.06. The van der Waals surface area contributed by atoms with E-state index in [2.05, 4.69) is 34.2 Å². The van der Waals surface area contributed by atoms with Gasteiger partial charge in [-0.1, -0.05) is 26.7 Å². The number of rotatable bonds is 7. The van der Waals surface area contributed by atoms with Gasteiger partial charge in [-0.25, -0.2) is 14.6 Å². The average Bonchev–Trinajstić information content (AvgIpc) is 2.98. The molecule has 0 fully saturated rings. The summed E-state index contributed by atoms with van der Waals surface area (Å²) in [4.78, 5) is 8.30. The Hall–Kier alpha value is -1.91. The van der Waals surface area contributed by atoms with Crippen molar-refractivity contribution in [3.8, 4) is 5.82 Å². The Morgan fingerprint density at radius 1 is 1.32 bits per heavy atom. The predicted molar refractivity (Wildman–Crippen MR) is 76.4 cm³/mol. The van der Waals surface area contributed by atoms with Crippen LogP contribution < -0.4 is 5.32 Å². The molecular formula is C14H21N5. The lowest BCUT2D eigenvalue weighted by Gasteiger charge is -2.17. The third kappa shape index (κ3) is 3.77. The molecule has 1 N–H and O–H groups in total. The zero-order valence-corrected chi connectivity index (χ0v) is 11.6. The summed E-state index contributed by atoms with van der Waals surface area (Å²) in [6.45, 7) is 4.44. The number of nitrogens with zero attached hydrogens (tertiary/aromatic N) is 4. The van der Waals surface area contributed by atoms with Gasteiger partial charge >= 0.3 is 0 Å². The number of unbranched alkanes of at least 4 members (excludes halogenated alkanes) is 1. The van der Waals surface area contributed by atoms with Gasteiger partial charge in [-0.15, -0.1) is 0 Å². The van der Waals surface area contributed by atoms with E-state index in [4.69, 9.17) is 0 Å². The first-order chi connectivity index (χ1) is 9.33. The molecule has 2 aromatic heterocycles. The fourth-order valence-corrected chi connectivity index (χ4v) is 2.00. The van der Waals surface area contributed by atoms with Crippen LogP contribution in [0.4, 0.5) is 5.69 Å². The van der Waals surface area contributed by atoms with Crippen LogP contribution in [0.5, 0.6) is 0 Å². The highest BCUT2D eigenvalue weighted by Crippen LogP contribution is 2.14. The summed E-state index contributed by atoms with van der Waals surface area (Å²) in [7, 11) is 0. The number of nitrogens with one attached hydrogen (secondary N) is 1. The lowest BCUT2D eigenvalue weighted by atomic mass is 10.1. The fourth-order valence-electron chi connectivity index (χ4n) is 2.00. The standard InChI is InChI=1S/C14H21N5/c1-3-5-6-12(4-2)18-13-7-8-14(16-9-13)19-11-15-10-17-19/h7-12,18H,3-6H2,1-2H3. The first kappa shape index (κ1) is 13.5. The molecule has 0 aliphatic carbocycles. The van der Waals surface area contributed by atoms with Crippen LogP contribution in [0.2, 0.25) is 0 Å². The number of pyridine rings is 1. The zero-order chi connectivity index (χ0) is 13.5. The SMILES string of the molecule is CCCCC(CC)Nc1ccc(-n2cncn2)nc1. The molecule has 2 heterocycles. The molecule has 102 valence electrons. The van der Waals surface area contributed by atoms with Gasteiger partial charge in [0.05, 0.1) is 11.9 Å². The van der Waals surface area contributed by atoms with Gasteiger partial charge in [0.1, 0.15) is 12.7 Å². The van der Waals surface area contributed by atoms with Crippen molar-refractivity contribution in [3.63, 3.8) is 0 Å². The van der Waals surface area contributed by atoms with Crippen LogP contribution in [0, 0.1) is 0 Å². The molecule has 0 saturated carbocycles. The minimum atomic E-state index is 0.527. The molecular weight excluding hydrogens is 238 g/mol. The normalized spacial score (nSPS) is 12.3. The highest BCUT2D eigenvalue weighted by molar-refractivity contribution is 5.44. The van der Waals surface area contributed by atoms with Crippen molar-refractivity contribution in [2.24, 2.45) is 0 Å². The highest BCUT2D eigenvalue weighted by Gasteiger charge is 2.06. The van der Waals surface area contributed by atoms with Crippen molar-refractivity contribution in [1.29, 1.82) is 0 Å². The van der Waals surface area contributed by atoms with E-state index in [0.717, 1.165) is 17.9 Å². The van der Waals surface area contributed by atoms with Gasteiger partial charge in [-0.05, 0) is 25.0 Å². The van der Waals surface area contributed by atoms with Crippen LogP contribution in [-0.2, 0) is 0 Å². The Morgan fingerprint density at radius 3 is 2.79 bits per heavy atom. The minimum Gasteiger partial charge on any atom is -0.381 e. The fraction of sp³-hybridized carbons (Fsp3) is 0.500. The van der Waals surface area contributed by atoms with Crippen molar-refractivity contribution in [2.75, 3.05) is 5.32 Å². The predicted octanol–water partition coefficient (Wildman–Crippen LogP) is 3.04. The monoisotopic (exact) mass is 259 g/mol. The Bertz CT molecular complexity index is 463. The van der Waals surface area contributed by atoms with Gasteiger partial charge in [-0.2, -0.15) is 5.10 Å². The minimum absolute atomic E-state index is 0.527. The van der Waals surface area contributed by atoms with Crippen LogP contribution >= 0.6 is 0 Å². The molecule has 0 spiro atoms. The maximum Gasteiger partial charge on any atom is 0.155 e. The summed E-state index contributed by atoms with van der Waals surface area (Å²) in [5, 5.41) is 7.58. The van der Waals surface area contributed by atoms with Crippen LogP contribution in [0.15, 0.2) is 31.0 Å². The topological polar surface area (TPSA) is 55.6 Å². The quantitative estimate of drug-likeness (QED) is 0.830. The van der Waals surface area contributed by atoms with Gasteiger partial charge in [0, 0.05) is 6.04 Å².